The van der Waals surface area contributed by atoms with Gasteiger partial charge in [0.05, 0.1) is 44.4 Å². The smallest absolute Gasteiger partial charge is 0.404 e. The van der Waals surface area contributed by atoms with E-state index in [-0.39, 0.29) is 36.1 Å². The molecule has 0 unspecified atom stereocenters. The number of ether oxygens (including phenoxy) is 4. The third kappa shape index (κ3) is 12.2. The summed E-state index contributed by atoms with van der Waals surface area (Å²) in [7, 11) is -7.92. The second-order valence-electron chi connectivity index (χ2n) is 18.1. The Kier molecular flexibility index (Phi) is 16.2. The molecule has 0 bridgehead atoms. The molecule has 0 aliphatic heterocycles. The maximum absolute atomic E-state index is 16.0. The summed E-state index contributed by atoms with van der Waals surface area (Å²) in [5.41, 5.74) is 6.50. The summed E-state index contributed by atoms with van der Waals surface area (Å²) < 4.78 is 93.4. The summed E-state index contributed by atoms with van der Waals surface area (Å²) in [4.78, 5) is 12.4. The van der Waals surface area contributed by atoms with E-state index in [1.165, 1.54) is 35.5 Å². The highest BCUT2D eigenvalue weighted by Crippen LogP contribution is 2.44. The molecule has 20 heteroatoms. The van der Waals surface area contributed by atoms with Gasteiger partial charge in [-0.15, -0.1) is 10.2 Å². The summed E-state index contributed by atoms with van der Waals surface area (Å²) in [6.45, 7) is 14.6. The Morgan fingerprint density at radius 1 is 0.769 bits per heavy atom. The molecule has 1 amide bonds. The second kappa shape index (κ2) is 20.5. The number of aromatic nitrogens is 4. The topological polar surface area (TPSA) is 204 Å². The average molecular weight is 1060 g/mol. The molecule has 16 nitrogen and oxygen atoms in total. The number of sulfone groups is 1. The van der Waals surface area contributed by atoms with Gasteiger partial charge in [-0.05, 0) is 117 Å². The highest BCUT2D eigenvalue weighted by atomic mass is 127. The average Bonchev–Trinajstić information content (AvgIpc) is 3.70. The molecule has 0 aliphatic rings. The Morgan fingerprint density at radius 3 is 1.68 bits per heavy atom. The van der Waals surface area contributed by atoms with E-state index >= 15 is 16.8 Å². The van der Waals surface area contributed by atoms with Gasteiger partial charge in [-0.3, -0.25) is 0 Å². The van der Waals surface area contributed by atoms with Gasteiger partial charge in [-0.25, -0.2) is 21.6 Å². The summed E-state index contributed by atoms with van der Waals surface area (Å²) in [5, 5.41) is 11.3. The SMILES string of the molecule is COc1ccc(CN(Cc2ccc(OC)cc2)S(=O)(=O)c2c(S(=O)(=O)[C@H](COC(N)=O)[C@H](O[Si](C)(C)C(C)(C)C)C(C)(C)C)ccc(I)c2-c2nnn(Cc3ccc(OC)cc3)n2)cc1. The van der Waals surface area contributed by atoms with Crippen LogP contribution in [0.1, 0.15) is 58.2 Å². The second-order valence-corrected chi connectivity index (χ2v) is 28.0. The fraction of sp³-hybridized carbons (Fsp3) is 0.422. The molecule has 352 valence electrons. The quantitative estimate of drug-likeness (QED) is 0.0614. The fourth-order valence-corrected chi connectivity index (χ4v) is 13.5. The first-order chi connectivity index (χ1) is 30.3. The number of sulfonamides is 1. The monoisotopic (exact) mass is 1060 g/mol. The van der Waals surface area contributed by atoms with E-state index in [0.29, 0.717) is 31.9 Å². The van der Waals surface area contributed by atoms with E-state index in [1.807, 2.05) is 89.4 Å². The maximum Gasteiger partial charge on any atom is 0.404 e. The molecule has 0 radical (unpaired) electrons. The number of hydrogen-bond acceptors (Lipinski definition) is 13. The molecule has 0 saturated heterocycles. The van der Waals surface area contributed by atoms with Gasteiger partial charge in [0.25, 0.3) is 0 Å². The van der Waals surface area contributed by atoms with Crippen molar-refractivity contribution in [2.24, 2.45) is 11.1 Å². The van der Waals surface area contributed by atoms with Crippen LogP contribution in [0, 0.1) is 8.99 Å². The van der Waals surface area contributed by atoms with Crippen LogP contribution in [-0.4, -0.2) is 95.0 Å². The van der Waals surface area contributed by atoms with Crippen molar-refractivity contribution in [3.8, 4) is 28.6 Å². The van der Waals surface area contributed by atoms with E-state index in [0.717, 1.165) is 5.56 Å². The largest absolute Gasteiger partial charge is 0.497 e. The first-order valence-electron chi connectivity index (χ1n) is 20.7. The number of nitrogens with zero attached hydrogens (tertiary/aromatic N) is 5. The Hall–Kier alpha value is -4.61. The highest BCUT2D eigenvalue weighted by Gasteiger charge is 2.50. The molecule has 2 N–H and O–H groups in total. The van der Waals surface area contributed by atoms with Crippen LogP contribution in [0.5, 0.6) is 17.2 Å². The molecule has 2 atom stereocenters. The Labute approximate surface area is 397 Å². The number of benzene rings is 4. The van der Waals surface area contributed by atoms with Gasteiger partial charge in [0.1, 0.15) is 34.0 Å². The Balaban J connectivity index is 1.82. The van der Waals surface area contributed by atoms with Crippen molar-refractivity contribution in [2.75, 3.05) is 27.9 Å². The minimum atomic E-state index is -4.89. The van der Waals surface area contributed by atoms with Crippen molar-refractivity contribution >= 4 is 56.9 Å². The standard InChI is InChI=1S/C45H59IN6O10S2Si/c1-44(2,3)41(62-65(10,11)45(4,5)6)38(29-61-43(47)53)63(54,55)37-25-24-36(46)39(42-48-50-52(49-42)28-32-16-22-35(60-9)23-17-32)40(37)64(56,57)51(26-30-12-18-33(58-7)19-13-30)27-31-14-20-34(59-8)21-15-31/h12-25,38,41H,26-29H2,1-11H3,(H2,47,53)/t38-,41+/m1/s1. The molecular weight excluding hydrogens is 1000 g/mol. The van der Waals surface area contributed by atoms with Crippen LogP contribution >= 0.6 is 22.6 Å². The van der Waals surface area contributed by atoms with Crippen molar-refractivity contribution in [3.05, 3.63) is 105 Å². The third-order valence-electron chi connectivity index (χ3n) is 11.4. The summed E-state index contributed by atoms with van der Waals surface area (Å²) in [6.07, 6.45) is -2.33. The molecule has 4 aromatic carbocycles. The number of nitrogens with two attached hydrogens (primary N) is 1. The molecule has 0 aliphatic carbocycles. The number of tetrazole rings is 1. The summed E-state index contributed by atoms with van der Waals surface area (Å²) in [5.74, 6) is 1.64. The number of carbonyl (C=O) groups is 1. The zero-order valence-electron chi connectivity index (χ0n) is 38.7. The normalized spacial score (nSPS) is 13.6. The number of amides is 1. The maximum atomic E-state index is 16.0. The highest BCUT2D eigenvalue weighted by molar-refractivity contribution is 14.1. The lowest BCUT2D eigenvalue weighted by atomic mass is 9.87. The van der Waals surface area contributed by atoms with E-state index < -0.39 is 67.4 Å². The van der Waals surface area contributed by atoms with Gasteiger partial charge in [0.2, 0.25) is 15.8 Å². The number of methoxy groups -OCH3 is 3. The molecule has 5 aromatic rings. The lowest BCUT2D eigenvalue weighted by Gasteiger charge is -2.45. The molecule has 5 rings (SSSR count). The Morgan fingerprint density at radius 2 is 1.25 bits per heavy atom. The van der Waals surface area contributed by atoms with Gasteiger partial charge in [0.15, 0.2) is 18.2 Å². The van der Waals surface area contributed by atoms with Crippen molar-refractivity contribution in [2.45, 2.75) is 100 Å². The van der Waals surface area contributed by atoms with Crippen LogP contribution in [0.4, 0.5) is 4.79 Å². The number of hydrogen-bond donors (Lipinski definition) is 1. The molecule has 0 fully saturated rings. The Bertz CT molecular complexity index is 2600. The lowest BCUT2D eigenvalue weighted by Crippen LogP contribution is -2.55. The first kappa shape index (κ1) is 51.4. The van der Waals surface area contributed by atoms with Crippen LogP contribution < -0.4 is 19.9 Å². The molecule has 65 heavy (non-hydrogen) atoms. The van der Waals surface area contributed by atoms with Gasteiger partial charge < -0.3 is 29.1 Å². The first-order valence-corrected chi connectivity index (χ1v) is 27.6. The van der Waals surface area contributed by atoms with Crippen LogP contribution in [0.25, 0.3) is 11.4 Å². The molecule has 0 saturated carbocycles. The molecular formula is C45H59IN6O10S2Si. The van der Waals surface area contributed by atoms with Crippen LogP contribution in [0.15, 0.2) is 94.7 Å². The fourth-order valence-electron chi connectivity index (χ4n) is 6.73. The van der Waals surface area contributed by atoms with E-state index in [4.69, 9.17) is 29.1 Å². The zero-order chi connectivity index (χ0) is 48.1. The predicted molar refractivity (Wildman–Crippen MR) is 259 cm³/mol. The minimum Gasteiger partial charge on any atom is -0.497 e. The van der Waals surface area contributed by atoms with E-state index in [1.54, 1.807) is 67.8 Å². The van der Waals surface area contributed by atoms with Crippen LogP contribution in [0.3, 0.4) is 0 Å². The van der Waals surface area contributed by atoms with Gasteiger partial charge >= 0.3 is 6.09 Å². The van der Waals surface area contributed by atoms with Crippen molar-refractivity contribution in [1.82, 2.24) is 24.5 Å². The van der Waals surface area contributed by atoms with Crippen molar-refractivity contribution in [1.29, 1.82) is 0 Å². The van der Waals surface area contributed by atoms with E-state index in [2.05, 4.69) is 15.4 Å². The van der Waals surface area contributed by atoms with Gasteiger partial charge in [-0.2, -0.15) is 9.10 Å². The van der Waals surface area contributed by atoms with Crippen molar-refractivity contribution < 1.29 is 45.0 Å². The summed E-state index contributed by atoms with van der Waals surface area (Å²) in [6, 6.07) is 23.8. The lowest BCUT2D eigenvalue weighted by molar-refractivity contribution is 0.0485. The minimum absolute atomic E-state index is 0.0886. The molecule has 1 aromatic heterocycles. The summed E-state index contributed by atoms with van der Waals surface area (Å²) >= 11 is 1.96. The molecule has 1 heterocycles. The molecule has 0 spiro atoms. The van der Waals surface area contributed by atoms with Crippen molar-refractivity contribution in [3.63, 3.8) is 0 Å². The number of carbonyl (C=O) groups excluding carboxylic acids is 1. The van der Waals surface area contributed by atoms with Crippen LogP contribution in [-0.2, 0) is 48.7 Å². The number of rotatable bonds is 19. The van der Waals surface area contributed by atoms with Gasteiger partial charge in [0, 0.05) is 16.7 Å². The zero-order valence-corrected chi connectivity index (χ0v) is 43.4. The number of primary amides is 1. The third-order valence-corrected chi connectivity index (χ3v) is 20.9. The van der Waals surface area contributed by atoms with Gasteiger partial charge in [-0.1, -0.05) is 77.9 Å². The predicted octanol–water partition coefficient (Wildman–Crippen LogP) is 8.08. The van der Waals surface area contributed by atoms with E-state index in [9.17, 15) is 4.79 Å². The number of halogens is 1. The van der Waals surface area contributed by atoms with Crippen LogP contribution in [0.2, 0.25) is 18.1 Å².